The summed E-state index contributed by atoms with van der Waals surface area (Å²) in [6.07, 6.45) is 5.80. The fraction of sp³-hybridized carbons (Fsp3) is 0.421. The van der Waals surface area contributed by atoms with Crippen LogP contribution in [-0.2, 0) is 6.54 Å². The zero-order chi connectivity index (χ0) is 15.8. The van der Waals surface area contributed by atoms with Crippen LogP contribution in [0.1, 0.15) is 32.3 Å². The lowest BCUT2D eigenvalue weighted by atomic mass is 9.89. The Balaban J connectivity index is 1.82. The summed E-state index contributed by atoms with van der Waals surface area (Å²) in [5, 5.41) is 12.7. The molecule has 0 aliphatic heterocycles. The Hall–Kier alpha value is -1.71. The summed E-state index contributed by atoms with van der Waals surface area (Å²) in [4.78, 5) is 4.17. The molecular weight excluding hydrogens is 272 g/mol. The van der Waals surface area contributed by atoms with E-state index >= 15 is 0 Å². The molecule has 0 aliphatic rings. The van der Waals surface area contributed by atoms with Gasteiger partial charge in [0.2, 0.25) is 0 Å². The molecule has 0 saturated carbocycles. The number of pyridine rings is 1. The quantitative estimate of drug-likeness (QED) is 0.731. The Morgan fingerprint density at radius 1 is 1.14 bits per heavy atom. The lowest BCUT2D eigenvalue weighted by molar-refractivity contribution is 0.148. The van der Waals surface area contributed by atoms with Gasteiger partial charge in [-0.15, -0.1) is 0 Å². The van der Waals surface area contributed by atoms with Crippen molar-refractivity contribution in [2.45, 2.75) is 33.2 Å². The fourth-order valence-electron chi connectivity index (χ4n) is 2.40. The summed E-state index contributed by atoms with van der Waals surface area (Å²) in [7, 11) is 0. The number of rotatable bonds is 8. The maximum Gasteiger partial charge on any atom is 0.0482 e. The highest BCUT2D eigenvalue weighted by molar-refractivity contribution is 5.62. The van der Waals surface area contributed by atoms with Crippen molar-refractivity contribution in [2.75, 3.05) is 13.2 Å². The van der Waals surface area contributed by atoms with E-state index in [-0.39, 0.29) is 12.0 Å². The number of aliphatic hydroxyl groups is 1. The molecule has 0 atom stereocenters. The van der Waals surface area contributed by atoms with Gasteiger partial charge in [0, 0.05) is 25.5 Å². The van der Waals surface area contributed by atoms with Crippen LogP contribution in [0.2, 0.25) is 0 Å². The number of aliphatic hydroxyl groups excluding tert-OH is 1. The molecule has 0 bridgehead atoms. The van der Waals surface area contributed by atoms with E-state index < -0.39 is 0 Å². The smallest absolute Gasteiger partial charge is 0.0482 e. The van der Waals surface area contributed by atoms with Crippen LogP contribution in [0.4, 0.5) is 0 Å². The molecule has 2 aromatic rings. The molecule has 1 aromatic carbocycles. The molecule has 1 heterocycles. The van der Waals surface area contributed by atoms with Gasteiger partial charge in [-0.2, -0.15) is 0 Å². The normalized spacial score (nSPS) is 11.6. The standard InChI is InChI=1S/C19H26N2O/c1-19(2,15-22)9-5-11-20-13-16-6-3-7-17(12-16)18-8-4-10-21-14-18/h3-4,6-8,10,12,14,20,22H,5,9,11,13,15H2,1-2H3. The van der Waals surface area contributed by atoms with E-state index in [1.807, 2.05) is 12.3 Å². The first-order valence-electron chi connectivity index (χ1n) is 7.92. The molecule has 3 heteroatoms. The second-order valence-corrected chi connectivity index (χ2v) is 6.54. The summed E-state index contributed by atoms with van der Waals surface area (Å²) in [5.41, 5.74) is 3.66. The Morgan fingerprint density at radius 2 is 1.95 bits per heavy atom. The monoisotopic (exact) mass is 298 g/mol. The summed E-state index contributed by atoms with van der Waals surface area (Å²) in [5.74, 6) is 0. The molecule has 2 rings (SSSR count). The summed E-state index contributed by atoms with van der Waals surface area (Å²) < 4.78 is 0. The van der Waals surface area contributed by atoms with Crippen LogP contribution in [0.3, 0.4) is 0 Å². The molecule has 3 nitrogen and oxygen atoms in total. The van der Waals surface area contributed by atoms with Crippen LogP contribution in [0, 0.1) is 5.41 Å². The van der Waals surface area contributed by atoms with Crippen LogP contribution in [-0.4, -0.2) is 23.2 Å². The van der Waals surface area contributed by atoms with E-state index in [9.17, 15) is 5.11 Å². The molecule has 0 aliphatic carbocycles. The number of nitrogens with one attached hydrogen (secondary N) is 1. The first kappa shape index (κ1) is 16.7. The van der Waals surface area contributed by atoms with Gasteiger partial charge in [-0.25, -0.2) is 0 Å². The molecule has 118 valence electrons. The molecule has 0 spiro atoms. The molecule has 22 heavy (non-hydrogen) atoms. The summed E-state index contributed by atoms with van der Waals surface area (Å²) >= 11 is 0. The molecular formula is C19H26N2O. The van der Waals surface area contributed by atoms with Gasteiger partial charge >= 0.3 is 0 Å². The van der Waals surface area contributed by atoms with Crippen molar-refractivity contribution in [2.24, 2.45) is 5.41 Å². The Morgan fingerprint density at radius 3 is 2.68 bits per heavy atom. The van der Waals surface area contributed by atoms with Gasteiger partial charge in [-0.1, -0.05) is 38.1 Å². The second kappa shape index (κ2) is 8.06. The molecule has 0 amide bonds. The number of benzene rings is 1. The third-order valence-electron chi connectivity index (χ3n) is 3.89. The minimum Gasteiger partial charge on any atom is -0.396 e. The highest BCUT2D eigenvalue weighted by atomic mass is 16.3. The third-order valence-corrected chi connectivity index (χ3v) is 3.89. The van der Waals surface area contributed by atoms with E-state index in [2.05, 4.69) is 54.5 Å². The van der Waals surface area contributed by atoms with E-state index in [4.69, 9.17) is 0 Å². The number of hydrogen-bond donors (Lipinski definition) is 2. The van der Waals surface area contributed by atoms with Crippen LogP contribution >= 0.6 is 0 Å². The van der Waals surface area contributed by atoms with Gasteiger partial charge in [0.25, 0.3) is 0 Å². The van der Waals surface area contributed by atoms with E-state index in [0.717, 1.165) is 31.5 Å². The van der Waals surface area contributed by atoms with Crippen molar-refractivity contribution in [3.05, 3.63) is 54.4 Å². The molecule has 0 radical (unpaired) electrons. The molecule has 0 saturated heterocycles. The lowest BCUT2D eigenvalue weighted by Crippen LogP contribution is -2.20. The number of aromatic nitrogens is 1. The average molecular weight is 298 g/mol. The van der Waals surface area contributed by atoms with Crippen molar-refractivity contribution < 1.29 is 5.11 Å². The van der Waals surface area contributed by atoms with Crippen molar-refractivity contribution >= 4 is 0 Å². The van der Waals surface area contributed by atoms with Gasteiger partial charge in [0.1, 0.15) is 0 Å². The highest BCUT2D eigenvalue weighted by Gasteiger charge is 2.15. The molecule has 2 N–H and O–H groups in total. The fourth-order valence-corrected chi connectivity index (χ4v) is 2.40. The van der Waals surface area contributed by atoms with Crippen LogP contribution in [0.5, 0.6) is 0 Å². The number of hydrogen-bond acceptors (Lipinski definition) is 3. The molecule has 0 fully saturated rings. The third kappa shape index (κ3) is 5.24. The first-order chi connectivity index (χ1) is 10.6. The van der Waals surface area contributed by atoms with E-state index in [1.165, 1.54) is 11.1 Å². The van der Waals surface area contributed by atoms with Crippen LogP contribution in [0.15, 0.2) is 48.8 Å². The van der Waals surface area contributed by atoms with Gasteiger partial charge in [-0.05, 0) is 53.6 Å². The Labute approximate surface area is 133 Å². The SMILES string of the molecule is CC(C)(CO)CCCNCc1cccc(-c2cccnc2)c1. The van der Waals surface area contributed by atoms with E-state index in [1.54, 1.807) is 6.20 Å². The minimum absolute atomic E-state index is 0.0297. The zero-order valence-corrected chi connectivity index (χ0v) is 13.5. The van der Waals surface area contributed by atoms with Gasteiger partial charge in [0.05, 0.1) is 0 Å². The highest BCUT2D eigenvalue weighted by Crippen LogP contribution is 2.21. The lowest BCUT2D eigenvalue weighted by Gasteiger charge is -2.21. The van der Waals surface area contributed by atoms with Crippen molar-refractivity contribution in [3.63, 3.8) is 0 Å². The topological polar surface area (TPSA) is 45.1 Å². The van der Waals surface area contributed by atoms with Crippen LogP contribution < -0.4 is 5.32 Å². The molecule has 0 unspecified atom stereocenters. The second-order valence-electron chi connectivity index (χ2n) is 6.54. The minimum atomic E-state index is 0.0297. The Bertz CT molecular complexity index is 567. The summed E-state index contributed by atoms with van der Waals surface area (Å²) in [6, 6.07) is 12.6. The largest absolute Gasteiger partial charge is 0.396 e. The van der Waals surface area contributed by atoms with Gasteiger partial charge in [0.15, 0.2) is 0 Å². The first-order valence-corrected chi connectivity index (χ1v) is 7.92. The maximum absolute atomic E-state index is 9.24. The van der Waals surface area contributed by atoms with Gasteiger partial charge in [-0.3, -0.25) is 4.98 Å². The summed E-state index contributed by atoms with van der Waals surface area (Å²) in [6.45, 7) is 6.29. The van der Waals surface area contributed by atoms with E-state index in [0.29, 0.717) is 0 Å². The van der Waals surface area contributed by atoms with Gasteiger partial charge < -0.3 is 10.4 Å². The van der Waals surface area contributed by atoms with Crippen molar-refractivity contribution in [1.82, 2.24) is 10.3 Å². The number of nitrogens with zero attached hydrogens (tertiary/aromatic N) is 1. The molecule has 1 aromatic heterocycles. The average Bonchev–Trinajstić information content (AvgIpc) is 2.55. The predicted molar refractivity (Wildman–Crippen MR) is 91.5 cm³/mol. The van der Waals surface area contributed by atoms with Crippen molar-refractivity contribution in [1.29, 1.82) is 0 Å². The maximum atomic E-state index is 9.24. The predicted octanol–water partition coefficient (Wildman–Crippen LogP) is 3.64. The Kier molecular flexibility index (Phi) is 6.10. The van der Waals surface area contributed by atoms with Crippen molar-refractivity contribution in [3.8, 4) is 11.1 Å². The zero-order valence-electron chi connectivity index (χ0n) is 13.5. The van der Waals surface area contributed by atoms with Crippen LogP contribution in [0.25, 0.3) is 11.1 Å².